The molecular formula is C21H28Si. The second-order valence-corrected chi connectivity index (χ2v) is 13.5. The molecule has 0 fully saturated rings. The van der Waals surface area contributed by atoms with Crippen LogP contribution in [0.4, 0.5) is 0 Å². The van der Waals surface area contributed by atoms with Crippen LogP contribution in [0.3, 0.4) is 0 Å². The Bertz CT molecular complexity index is 693. The summed E-state index contributed by atoms with van der Waals surface area (Å²) in [6.45, 7) is 14.5. The Labute approximate surface area is 136 Å². The molecule has 0 N–H and O–H groups in total. The van der Waals surface area contributed by atoms with Crippen LogP contribution >= 0.6 is 0 Å². The molecule has 2 aliphatic rings. The maximum atomic E-state index is 2.53. The quantitative estimate of drug-likeness (QED) is 0.571. The lowest BCUT2D eigenvalue weighted by atomic mass is 9.68. The fourth-order valence-corrected chi connectivity index (χ4v) is 5.44. The van der Waals surface area contributed by atoms with E-state index in [0.717, 1.165) is 6.42 Å². The van der Waals surface area contributed by atoms with Crippen molar-refractivity contribution in [1.82, 2.24) is 0 Å². The van der Waals surface area contributed by atoms with Crippen molar-refractivity contribution >= 4 is 14.1 Å². The van der Waals surface area contributed by atoms with Crippen molar-refractivity contribution in [2.75, 3.05) is 0 Å². The summed E-state index contributed by atoms with van der Waals surface area (Å²) in [5, 5.41) is 1.63. The summed E-state index contributed by atoms with van der Waals surface area (Å²) in [5.41, 5.74) is 6.22. The van der Waals surface area contributed by atoms with Crippen LogP contribution in [0, 0.1) is 5.41 Å². The van der Waals surface area contributed by atoms with Gasteiger partial charge in [-0.3, -0.25) is 0 Å². The number of rotatable bonds is 3. The zero-order valence-electron chi connectivity index (χ0n) is 14.8. The largest absolute Gasteiger partial charge is 0.0812 e. The SMILES string of the molecule is CC1=Cc2ccccc2C1C(C)(C)C1=CC([Si](C)(C)C)=CC1. The first kappa shape index (κ1) is 15.5. The number of hydrogen-bond donors (Lipinski definition) is 0. The van der Waals surface area contributed by atoms with Gasteiger partial charge in [-0.05, 0) is 29.9 Å². The number of fused-ring (bicyclic) bond motifs is 1. The van der Waals surface area contributed by atoms with Crippen LogP contribution in [0.15, 0.2) is 52.8 Å². The zero-order chi connectivity index (χ0) is 16.1. The predicted octanol–water partition coefficient (Wildman–Crippen LogP) is 6.35. The second kappa shape index (κ2) is 5.09. The van der Waals surface area contributed by atoms with Crippen LogP contribution in [0.25, 0.3) is 6.08 Å². The molecule has 0 spiro atoms. The standard InChI is InChI=1S/C21H28Si/c1-15-13-16-9-7-8-10-19(16)20(15)21(2,3)17-11-12-18(14-17)22(4,5)6/h7-10,12-14,20H,11H2,1-6H3. The third-order valence-corrected chi connectivity index (χ3v) is 7.51. The summed E-state index contributed by atoms with van der Waals surface area (Å²) in [6, 6.07) is 8.90. The maximum absolute atomic E-state index is 2.53. The Morgan fingerprint density at radius 1 is 1.05 bits per heavy atom. The minimum absolute atomic E-state index is 0.186. The molecule has 0 heterocycles. The molecule has 2 aliphatic carbocycles. The predicted molar refractivity (Wildman–Crippen MR) is 101 cm³/mol. The minimum atomic E-state index is -1.20. The summed E-state index contributed by atoms with van der Waals surface area (Å²) in [4.78, 5) is 0. The molecule has 1 atom stereocenters. The molecule has 0 radical (unpaired) electrons. The van der Waals surface area contributed by atoms with E-state index in [1.54, 1.807) is 10.8 Å². The van der Waals surface area contributed by atoms with E-state index in [-0.39, 0.29) is 5.41 Å². The Morgan fingerprint density at radius 3 is 2.36 bits per heavy atom. The molecule has 0 saturated heterocycles. The Hall–Kier alpha value is -1.34. The highest BCUT2D eigenvalue weighted by Crippen LogP contribution is 2.52. The lowest BCUT2D eigenvalue weighted by Gasteiger charge is -2.35. The van der Waals surface area contributed by atoms with Gasteiger partial charge >= 0.3 is 0 Å². The molecule has 0 nitrogen and oxygen atoms in total. The molecule has 0 aromatic heterocycles. The van der Waals surface area contributed by atoms with Gasteiger partial charge in [-0.25, -0.2) is 0 Å². The van der Waals surface area contributed by atoms with Crippen LogP contribution < -0.4 is 0 Å². The summed E-state index contributed by atoms with van der Waals surface area (Å²) < 4.78 is 0. The highest BCUT2D eigenvalue weighted by atomic mass is 28.3. The summed E-state index contributed by atoms with van der Waals surface area (Å²) in [6.07, 6.45) is 8.53. The first-order chi connectivity index (χ1) is 10.2. The highest BCUT2D eigenvalue weighted by molar-refractivity contribution is 6.83. The van der Waals surface area contributed by atoms with Gasteiger partial charge in [-0.15, -0.1) is 0 Å². The second-order valence-electron chi connectivity index (χ2n) is 8.46. The summed E-state index contributed by atoms with van der Waals surface area (Å²) in [5.74, 6) is 0.518. The van der Waals surface area contributed by atoms with Crippen LogP contribution in [0.5, 0.6) is 0 Å². The normalized spacial score (nSPS) is 21.4. The van der Waals surface area contributed by atoms with E-state index in [0.29, 0.717) is 5.92 Å². The van der Waals surface area contributed by atoms with E-state index in [1.165, 1.54) is 16.7 Å². The van der Waals surface area contributed by atoms with E-state index in [1.807, 2.05) is 0 Å². The molecule has 0 amide bonds. The van der Waals surface area contributed by atoms with Crippen molar-refractivity contribution in [3.63, 3.8) is 0 Å². The van der Waals surface area contributed by atoms with Gasteiger partial charge in [0.05, 0.1) is 8.07 Å². The van der Waals surface area contributed by atoms with E-state index in [2.05, 4.69) is 82.9 Å². The third-order valence-electron chi connectivity index (χ3n) is 5.43. The van der Waals surface area contributed by atoms with Crippen LogP contribution in [0.2, 0.25) is 19.6 Å². The van der Waals surface area contributed by atoms with Gasteiger partial charge in [0.2, 0.25) is 0 Å². The average molecular weight is 309 g/mol. The minimum Gasteiger partial charge on any atom is -0.0812 e. The Morgan fingerprint density at radius 2 is 1.73 bits per heavy atom. The molecule has 1 aromatic rings. The van der Waals surface area contributed by atoms with Crippen LogP contribution in [-0.4, -0.2) is 8.07 Å². The zero-order valence-corrected chi connectivity index (χ0v) is 15.8. The first-order valence-electron chi connectivity index (χ1n) is 8.40. The number of hydrogen-bond acceptors (Lipinski definition) is 0. The molecule has 116 valence electrons. The first-order valence-corrected chi connectivity index (χ1v) is 11.9. The van der Waals surface area contributed by atoms with E-state index in [4.69, 9.17) is 0 Å². The molecular weight excluding hydrogens is 280 g/mol. The molecule has 22 heavy (non-hydrogen) atoms. The number of benzene rings is 1. The van der Waals surface area contributed by atoms with Gasteiger partial charge < -0.3 is 0 Å². The molecule has 1 aromatic carbocycles. The average Bonchev–Trinajstić information content (AvgIpc) is 3.01. The van der Waals surface area contributed by atoms with Gasteiger partial charge in [0.25, 0.3) is 0 Å². The Kier molecular flexibility index (Phi) is 3.60. The smallest absolute Gasteiger partial charge is 0.0771 e. The van der Waals surface area contributed by atoms with Crippen molar-refractivity contribution in [1.29, 1.82) is 0 Å². The van der Waals surface area contributed by atoms with Crippen LogP contribution in [-0.2, 0) is 0 Å². The van der Waals surface area contributed by atoms with Crippen molar-refractivity contribution in [3.8, 4) is 0 Å². The van der Waals surface area contributed by atoms with Crippen molar-refractivity contribution in [2.24, 2.45) is 5.41 Å². The highest BCUT2D eigenvalue weighted by Gasteiger charge is 2.39. The molecule has 1 unspecified atom stereocenters. The lowest BCUT2D eigenvalue weighted by Crippen LogP contribution is -2.25. The van der Waals surface area contributed by atoms with E-state index in [9.17, 15) is 0 Å². The van der Waals surface area contributed by atoms with Gasteiger partial charge in [-0.1, -0.05) is 92.3 Å². The van der Waals surface area contributed by atoms with Crippen molar-refractivity contribution in [2.45, 2.75) is 52.8 Å². The lowest BCUT2D eigenvalue weighted by molar-refractivity contribution is 0.383. The summed E-state index contributed by atoms with van der Waals surface area (Å²) in [7, 11) is -1.20. The van der Waals surface area contributed by atoms with Crippen molar-refractivity contribution < 1.29 is 0 Å². The molecule has 3 rings (SSSR count). The Balaban J connectivity index is 1.97. The van der Waals surface area contributed by atoms with Gasteiger partial charge in [0, 0.05) is 5.92 Å². The van der Waals surface area contributed by atoms with Crippen LogP contribution in [0.1, 0.15) is 44.2 Å². The van der Waals surface area contributed by atoms with E-state index >= 15 is 0 Å². The maximum Gasteiger partial charge on any atom is 0.0771 e. The van der Waals surface area contributed by atoms with Gasteiger partial charge in [0.1, 0.15) is 0 Å². The van der Waals surface area contributed by atoms with E-state index < -0.39 is 8.07 Å². The fraction of sp³-hybridized carbons (Fsp3) is 0.429. The fourth-order valence-electron chi connectivity index (χ4n) is 4.12. The van der Waals surface area contributed by atoms with Gasteiger partial charge in [0.15, 0.2) is 0 Å². The molecule has 0 bridgehead atoms. The topological polar surface area (TPSA) is 0 Å². The molecule has 0 aliphatic heterocycles. The molecule has 0 saturated carbocycles. The molecule has 1 heteroatoms. The van der Waals surface area contributed by atoms with Crippen molar-refractivity contribution in [3.05, 3.63) is 63.9 Å². The third kappa shape index (κ3) is 2.46. The monoisotopic (exact) mass is 308 g/mol. The summed E-state index contributed by atoms with van der Waals surface area (Å²) >= 11 is 0. The van der Waals surface area contributed by atoms with Gasteiger partial charge in [-0.2, -0.15) is 0 Å². The number of allylic oxidation sites excluding steroid dienone is 5.